The van der Waals surface area contributed by atoms with Crippen LogP contribution in [0.5, 0.6) is 0 Å². The normalized spacial score (nSPS) is 46.8. The van der Waals surface area contributed by atoms with E-state index in [1.165, 1.54) is 6.92 Å². The Balaban J connectivity index is 2.23. The number of rotatable bonds is 7. The van der Waals surface area contributed by atoms with Crippen LogP contribution in [-0.2, 0) is 18.9 Å². The largest absolute Gasteiger partial charge is 0.434 e. The molecule has 2 aliphatic rings. The molecule has 2 saturated heterocycles. The minimum Gasteiger partial charge on any atom is -0.434 e. The Morgan fingerprint density at radius 1 is 0.929 bits per heavy atom. The average molecular weight is 406 g/mol. The molecule has 159 valence electrons. The Morgan fingerprint density at radius 3 is 2.04 bits per heavy atom. The first-order valence-electron chi connectivity index (χ1n) is 8.67. The second-order valence-electron chi connectivity index (χ2n) is 6.99. The van der Waals surface area contributed by atoms with Gasteiger partial charge in [-0.25, -0.2) is 0 Å². The van der Waals surface area contributed by atoms with Gasteiger partial charge in [0.15, 0.2) is 6.29 Å². The molecule has 14 heteroatoms. The van der Waals surface area contributed by atoms with Crippen LogP contribution < -0.4 is 5.73 Å². The van der Waals surface area contributed by atoms with E-state index in [9.17, 15) is 35.7 Å². The molecule has 28 heavy (non-hydrogen) atoms. The van der Waals surface area contributed by atoms with Gasteiger partial charge in [0, 0.05) is 0 Å². The zero-order valence-electron chi connectivity index (χ0n) is 15.2. The first kappa shape index (κ1) is 23.9. The lowest BCUT2D eigenvalue weighted by Gasteiger charge is -2.49. The second-order valence-corrected chi connectivity index (χ2v) is 6.99. The second kappa shape index (κ2) is 9.64. The van der Waals surface area contributed by atoms with Gasteiger partial charge < -0.3 is 60.3 Å². The van der Waals surface area contributed by atoms with E-state index in [1.54, 1.807) is 0 Å². The fourth-order valence-corrected chi connectivity index (χ4v) is 3.27. The summed E-state index contributed by atoms with van der Waals surface area (Å²) in [6, 6.07) is 0. The molecular weight excluding hydrogens is 380 g/mol. The number of nitrogens with two attached hydrogens (primary N) is 1. The molecule has 11 unspecified atom stereocenters. The van der Waals surface area contributed by atoms with Crippen LogP contribution in [-0.4, -0.2) is 131 Å². The Labute approximate surface area is 163 Å². The average Bonchev–Trinajstić information content (AvgIpc) is 2.64. The Morgan fingerprint density at radius 2 is 1.50 bits per heavy atom. The van der Waals surface area contributed by atoms with E-state index in [0.29, 0.717) is 0 Å². The van der Waals surface area contributed by atoms with Crippen molar-refractivity contribution >= 4 is 15.1 Å². The maximum absolute atomic E-state index is 10.6. The van der Waals surface area contributed by atoms with Crippen LogP contribution in [0.4, 0.5) is 0 Å². The van der Waals surface area contributed by atoms with Crippen molar-refractivity contribution in [2.45, 2.75) is 73.9 Å². The lowest BCUT2D eigenvalue weighted by molar-refractivity contribution is -0.347. The maximum Gasteiger partial charge on any atom is 0.232 e. The summed E-state index contributed by atoms with van der Waals surface area (Å²) in [6.07, 6.45) is -15.3. The van der Waals surface area contributed by atoms with Gasteiger partial charge in [0.1, 0.15) is 60.7 Å². The van der Waals surface area contributed by atoms with Crippen molar-refractivity contribution in [3.63, 3.8) is 0 Å². The summed E-state index contributed by atoms with van der Waals surface area (Å²) in [5, 5.41) is 69.5. The molecule has 0 bridgehead atoms. The summed E-state index contributed by atoms with van der Waals surface area (Å²) in [6.45, 7) is -0.0186. The molecule has 0 aromatic heterocycles. The number of hydrogen-bond acceptors (Lipinski definition) is 12. The summed E-state index contributed by atoms with van der Waals surface area (Å²) in [5.41, 5.74) is 4.26. The summed E-state index contributed by atoms with van der Waals surface area (Å²) < 4.78 is 21.1. The molecule has 0 aliphatic carbocycles. The monoisotopic (exact) mass is 406 g/mol. The minimum absolute atomic E-state index is 0.665. The molecule has 0 amide bonds. The van der Waals surface area contributed by atoms with Crippen molar-refractivity contribution in [2.75, 3.05) is 13.2 Å². The number of aliphatic hydroxyl groups is 7. The van der Waals surface area contributed by atoms with Crippen molar-refractivity contribution in [3.05, 3.63) is 0 Å². The van der Waals surface area contributed by atoms with Gasteiger partial charge in [-0.3, -0.25) is 0 Å². The summed E-state index contributed by atoms with van der Waals surface area (Å²) in [7, 11) is 5.98. The predicted octanol–water partition coefficient (Wildman–Crippen LogP) is -5.95. The minimum atomic E-state index is -1.76. The lowest BCUT2D eigenvalue weighted by Crippen LogP contribution is -2.69. The van der Waals surface area contributed by atoms with E-state index in [4.69, 9.17) is 32.3 Å². The van der Waals surface area contributed by atoms with Crippen LogP contribution >= 0.6 is 0 Å². The van der Waals surface area contributed by atoms with Gasteiger partial charge in [0.05, 0.1) is 21.0 Å². The van der Waals surface area contributed by atoms with Crippen LogP contribution in [0, 0.1) is 0 Å². The first-order valence-corrected chi connectivity index (χ1v) is 8.67. The Bertz CT molecular complexity index is 502. The predicted molar refractivity (Wildman–Crippen MR) is 91.6 cm³/mol. The standard InChI is InChI=1S/C14H26B2NO11/c1-14(17,28-16-15)12-10(24)11(7(21)5(3-19)25-12)27-13-9(23)8(22)6(20)4(2-18)26-13/h4-13,18-24H,2-3,17H2,1H3. The zero-order valence-corrected chi connectivity index (χ0v) is 15.2. The number of ether oxygens (including phenoxy) is 3. The third-order valence-electron chi connectivity index (χ3n) is 4.89. The van der Waals surface area contributed by atoms with Crippen molar-refractivity contribution < 1.29 is 54.6 Å². The lowest BCUT2D eigenvalue weighted by atomic mass is 9.71. The molecule has 0 aromatic rings. The Hall–Kier alpha value is -0.350. The highest BCUT2D eigenvalue weighted by molar-refractivity contribution is 6.85. The van der Waals surface area contributed by atoms with E-state index in [1.807, 2.05) is 0 Å². The van der Waals surface area contributed by atoms with Gasteiger partial charge in [0.25, 0.3) is 0 Å². The van der Waals surface area contributed by atoms with Crippen molar-refractivity contribution in [3.8, 4) is 0 Å². The van der Waals surface area contributed by atoms with Gasteiger partial charge in [-0.15, -0.1) is 0 Å². The molecule has 12 nitrogen and oxygen atoms in total. The van der Waals surface area contributed by atoms with E-state index >= 15 is 0 Å². The molecular formula is C14H26B2NO11. The smallest absolute Gasteiger partial charge is 0.232 e. The van der Waals surface area contributed by atoms with Gasteiger partial charge in [0.2, 0.25) is 7.37 Å². The Kier molecular flexibility index (Phi) is 8.24. The SMILES string of the molecule is [B][B]OC(C)(N)C1OC(CO)C(O)C(OC2OC(CO)C(O)C(O)C2O)C1O. The molecule has 2 aliphatic heterocycles. The third kappa shape index (κ3) is 4.69. The van der Waals surface area contributed by atoms with E-state index < -0.39 is 80.2 Å². The molecule has 9 N–H and O–H groups in total. The van der Waals surface area contributed by atoms with Crippen LogP contribution in [0.25, 0.3) is 0 Å². The maximum atomic E-state index is 10.6. The highest BCUT2D eigenvalue weighted by Gasteiger charge is 2.53. The quantitative estimate of drug-likeness (QED) is 0.147. The molecule has 11 atom stereocenters. The molecule has 0 aromatic carbocycles. The molecule has 2 rings (SSSR count). The fraction of sp³-hybridized carbons (Fsp3) is 1.00. The number of aliphatic hydroxyl groups excluding tert-OH is 7. The van der Waals surface area contributed by atoms with Crippen molar-refractivity contribution in [1.29, 1.82) is 0 Å². The number of hydrogen-bond donors (Lipinski definition) is 8. The molecule has 0 saturated carbocycles. The van der Waals surface area contributed by atoms with Crippen LogP contribution in [0.1, 0.15) is 6.92 Å². The summed E-state index contributed by atoms with van der Waals surface area (Å²) in [4.78, 5) is 0. The molecule has 3 radical (unpaired) electrons. The topological polar surface area (TPSA) is 205 Å². The highest BCUT2D eigenvalue weighted by Crippen LogP contribution is 2.32. The van der Waals surface area contributed by atoms with Crippen LogP contribution in [0.2, 0.25) is 0 Å². The molecule has 2 fully saturated rings. The molecule has 2 heterocycles. The summed E-state index contributed by atoms with van der Waals surface area (Å²) in [5.74, 6) is 0. The van der Waals surface area contributed by atoms with Crippen LogP contribution in [0.15, 0.2) is 0 Å². The third-order valence-corrected chi connectivity index (χ3v) is 4.89. The van der Waals surface area contributed by atoms with E-state index in [2.05, 4.69) is 0 Å². The van der Waals surface area contributed by atoms with E-state index in [0.717, 1.165) is 7.37 Å². The fourth-order valence-electron chi connectivity index (χ4n) is 3.27. The first-order chi connectivity index (χ1) is 13.1. The zero-order chi connectivity index (χ0) is 21.2. The van der Waals surface area contributed by atoms with Gasteiger partial charge in [-0.1, -0.05) is 0 Å². The van der Waals surface area contributed by atoms with Gasteiger partial charge in [-0.05, 0) is 6.92 Å². The van der Waals surface area contributed by atoms with Crippen molar-refractivity contribution in [1.82, 2.24) is 0 Å². The van der Waals surface area contributed by atoms with Crippen molar-refractivity contribution in [2.24, 2.45) is 5.73 Å². The highest BCUT2D eigenvalue weighted by atomic mass is 16.7. The van der Waals surface area contributed by atoms with Crippen LogP contribution in [0.3, 0.4) is 0 Å². The van der Waals surface area contributed by atoms with E-state index in [-0.39, 0.29) is 0 Å². The summed E-state index contributed by atoms with van der Waals surface area (Å²) >= 11 is 0. The van der Waals surface area contributed by atoms with Gasteiger partial charge >= 0.3 is 0 Å². The molecule has 0 spiro atoms. The van der Waals surface area contributed by atoms with Gasteiger partial charge in [-0.2, -0.15) is 0 Å².